The maximum absolute atomic E-state index is 11.2. The minimum Gasteiger partial charge on any atom is -0.357 e. The molecule has 4 heteroatoms. The highest BCUT2D eigenvalue weighted by Crippen LogP contribution is 2.03. The number of likely N-dealkylation sites (N-methyl/N-ethyl adjacent to an activating group) is 1. The second-order valence-electron chi connectivity index (χ2n) is 2.61. The molecule has 0 aliphatic carbocycles. The maximum atomic E-state index is 11.2. The van der Waals surface area contributed by atoms with Crippen molar-refractivity contribution in [3.63, 3.8) is 0 Å². The highest BCUT2D eigenvalue weighted by atomic mass is 16.2. The van der Waals surface area contributed by atoms with Gasteiger partial charge in [-0.2, -0.15) is 0 Å². The van der Waals surface area contributed by atoms with Gasteiger partial charge in [-0.15, -0.1) is 5.73 Å². The number of nitrogens with one attached hydrogen (secondary N) is 2. The number of carbonyl (C=O) groups excluding carboxylic acids is 2. The largest absolute Gasteiger partial charge is 0.357 e. The lowest BCUT2D eigenvalue weighted by Crippen LogP contribution is -2.45. The summed E-state index contributed by atoms with van der Waals surface area (Å²) in [5.74, 6) is -0.353. The van der Waals surface area contributed by atoms with E-state index in [2.05, 4.69) is 22.9 Å². The van der Waals surface area contributed by atoms with Crippen LogP contribution in [0.2, 0.25) is 0 Å². The van der Waals surface area contributed by atoms with E-state index in [0.717, 1.165) is 0 Å². The minimum atomic E-state index is -0.559. The van der Waals surface area contributed by atoms with Gasteiger partial charge in [0.05, 0.1) is 0 Å². The standard InChI is InChI=1S/C9H14N2O2/c1-4-5-7(2)8(11-6-12)9(13)10-3/h5-8H,1H2,2-3H3,(H,10,13)(H,11,12)/t7-,8?/m0/s1. The quantitative estimate of drug-likeness (QED) is 0.458. The normalized spacial score (nSPS) is 13.4. The van der Waals surface area contributed by atoms with Gasteiger partial charge in [-0.05, 0) is 6.08 Å². The molecule has 0 aromatic rings. The van der Waals surface area contributed by atoms with Crippen molar-refractivity contribution >= 4 is 12.3 Å². The van der Waals surface area contributed by atoms with E-state index in [1.807, 2.05) is 0 Å². The van der Waals surface area contributed by atoms with Gasteiger partial charge in [0.2, 0.25) is 12.3 Å². The van der Waals surface area contributed by atoms with Gasteiger partial charge in [-0.25, -0.2) is 0 Å². The molecule has 0 aromatic heterocycles. The van der Waals surface area contributed by atoms with E-state index >= 15 is 0 Å². The number of hydrogen-bond donors (Lipinski definition) is 2. The Morgan fingerprint density at radius 3 is 2.62 bits per heavy atom. The number of carbonyl (C=O) groups is 2. The van der Waals surface area contributed by atoms with Gasteiger partial charge in [-0.1, -0.05) is 13.5 Å². The molecule has 4 nitrogen and oxygen atoms in total. The van der Waals surface area contributed by atoms with Gasteiger partial charge in [-0.3, -0.25) is 9.59 Å². The summed E-state index contributed by atoms with van der Waals surface area (Å²) in [6.45, 7) is 5.20. The Hall–Kier alpha value is -1.54. The van der Waals surface area contributed by atoms with Crippen molar-refractivity contribution in [3.05, 3.63) is 18.4 Å². The molecule has 1 unspecified atom stereocenters. The molecule has 0 fully saturated rings. The van der Waals surface area contributed by atoms with E-state index < -0.39 is 6.04 Å². The van der Waals surface area contributed by atoms with E-state index in [-0.39, 0.29) is 11.8 Å². The van der Waals surface area contributed by atoms with Gasteiger partial charge >= 0.3 is 0 Å². The van der Waals surface area contributed by atoms with E-state index in [1.165, 1.54) is 7.05 Å². The minimum absolute atomic E-state index is 0.123. The van der Waals surface area contributed by atoms with Crippen LogP contribution in [0.25, 0.3) is 0 Å². The summed E-state index contributed by atoms with van der Waals surface area (Å²) in [6.07, 6.45) is 2.14. The van der Waals surface area contributed by atoms with E-state index in [0.29, 0.717) is 6.41 Å². The summed E-state index contributed by atoms with van der Waals surface area (Å²) in [7, 11) is 1.52. The van der Waals surface area contributed by atoms with Gasteiger partial charge in [0, 0.05) is 13.0 Å². The van der Waals surface area contributed by atoms with Crippen molar-refractivity contribution in [1.82, 2.24) is 10.6 Å². The Morgan fingerprint density at radius 1 is 1.62 bits per heavy atom. The van der Waals surface area contributed by atoms with Crippen LogP contribution in [0.3, 0.4) is 0 Å². The molecule has 13 heavy (non-hydrogen) atoms. The molecule has 0 saturated carbocycles. The SMILES string of the molecule is C=C=C[C@H](C)C(NC=O)C(=O)NC. The molecule has 0 bridgehead atoms. The van der Waals surface area contributed by atoms with Crippen LogP contribution in [0.4, 0.5) is 0 Å². The van der Waals surface area contributed by atoms with Crippen molar-refractivity contribution < 1.29 is 9.59 Å². The molecule has 2 atom stereocenters. The Labute approximate surface area is 77.7 Å². The lowest BCUT2D eigenvalue weighted by atomic mass is 10.0. The third-order valence-electron chi connectivity index (χ3n) is 1.68. The Balaban J connectivity index is 4.47. The Morgan fingerprint density at radius 2 is 2.23 bits per heavy atom. The fraction of sp³-hybridized carbons (Fsp3) is 0.444. The van der Waals surface area contributed by atoms with Gasteiger partial charge in [0.15, 0.2) is 0 Å². The fourth-order valence-corrected chi connectivity index (χ4v) is 0.977. The number of amides is 2. The van der Waals surface area contributed by atoms with Crippen LogP contribution < -0.4 is 10.6 Å². The van der Waals surface area contributed by atoms with Gasteiger partial charge in [0.25, 0.3) is 0 Å². The summed E-state index contributed by atoms with van der Waals surface area (Å²) >= 11 is 0. The van der Waals surface area contributed by atoms with Crippen LogP contribution in [0.1, 0.15) is 6.92 Å². The van der Waals surface area contributed by atoms with E-state index in [9.17, 15) is 9.59 Å². The molecule has 0 spiro atoms. The molecular formula is C9H14N2O2. The van der Waals surface area contributed by atoms with E-state index in [4.69, 9.17) is 0 Å². The maximum Gasteiger partial charge on any atom is 0.242 e. The Bertz CT molecular complexity index is 232. The van der Waals surface area contributed by atoms with Crippen LogP contribution in [-0.4, -0.2) is 25.4 Å². The van der Waals surface area contributed by atoms with Crippen LogP contribution >= 0.6 is 0 Å². The fourth-order valence-electron chi connectivity index (χ4n) is 0.977. The summed E-state index contributed by atoms with van der Waals surface area (Å²) < 4.78 is 0. The molecule has 0 saturated heterocycles. The molecule has 0 aliphatic heterocycles. The molecule has 2 N–H and O–H groups in total. The smallest absolute Gasteiger partial charge is 0.242 e. The average Bonchev–Trinajstić information content (AvgIpc) is 2.13. The van der Waals surface area contributed by atoms with Crippen LogP contribution in [-0.2, 0) is 9.59 Å². The van der Waals surface area contributed by atoms with Crippen LogP contribution in [0.15, 0.2) is 18.4 Å². The van der Waals surface area contributed by atoms with Crippen LogP contribution in [0.5, 0.6) is 0 Å². The summed E-state index contributed by atoms with van der Waals surface area (Å²) in [4.78, 5) is 21.4. The summed E-state index contributed by atoms with van der Waals surface area (Å²) in [5.41, 5.74) is 2.57. The first-order valence-electron chi connectivity index (χ1n) is 3.94. The summed E-state index contributed by atoms with van der Waals surface area (Å²) in [5, 5.41) is 4.89. The predicted octanol–water partition coefficient (Wildman–Crippen LogP) is -0.176. The lowest BCUT2D eigenvalue weighted by molar-refractivity contribution is -0.125. The second-order valence-corrected chi connectivity index (χ2v) is 2.61. The predicted molar refractivity (Wildman–Crippen MR) is 49.9 cm³/mol. The van der Waals surface area contributed by atoms with Crippen molar-refractivity contribution in [2.75, 3.05) is 7.05 Å². The van der Waals surface area contributed by atoms with Crippen molar-refractivity contribution in [2.24, 2.45) is 5.92 Å². The molecule has 0 rings (SSSR count). The van der Waals surface area contributed by atoms with Crippen molar-refractivity contribution in [3.8, 4) is 0 Å². The molecule has 0 radical (unpaired) electrons. The first kappa shape index (κ1) is 11.5. The van der Waals surface area contributed by atoms with Gasteiger partial charge in [0.1, 0.15) is 6.04 Å². The van der Waals surface area contributed by atoms with Crippen LogP contribution in [0, 0.1) is 5.92 Å². The van der Waals surface area contributed by atoms with Crippen molar-refractivity contribution in [2.45, 2.75) is 13.0 Å². The highest BCUT2D eigenvalue weighted by molar-refractivity contribution is 5.83. The first-order chi connectivity index (χ1) is 6.17. The molecule has 0 aromatic carbocycles. The summed E-state index contributed by atoms with van der Waals surface area (Å²) in [6, 6.07) is -0.559. The topological polar surface area (TPSA) is 58.2 Å². The average molecular weight is 182 g/mol. The van der Waals surface area contributed by atoms with Crippen molar-refractivity contribution in [1.29, 1.82) is 0 Å². The third-order valence-corrected chi connectivity index (χ3v) is 1.68. The molecule has 0 heterocycles. The molecule has 72 valence electrons. The number of hydrogen-bond acceptors (Lipinski definition) is 2. The molecule has 2 amide bonds. The first-order valence-corrected chi connectivity index (χ1v) is 3.94. The Kier molecular flexibility index (Phi) is 5.32. The number of rotatable bonds is 5. The zero-order valence-corrected chi connectivity index (χ0v) is 7.83. The molecular weight excluding hydrogens is 168 g/mol. The molecule has 0 aliphatic rings. The monoisotopic (exact) mass is 182 g/mol. The zero-order valence-electron chi connectivity index (χ0n) is 7.83. The lowest BCUT2D eigenvalue weighted by Gasteiger charge is -2.17. The van der Waals surface area contributed by atoms with Gasteiger partial charge < -0.3 is 10.6 Å². The third kappa shape index (κ3) is 3.58. The van der Waals surface area contributed by atoms with E-state index in [1.54, 1.807) is 13.0 Å². The highest BCUT2D eigenvalue weighted by Gasteiger charge is 2.21. The second kappa shape index (κ2) is 6.03. The zero-order chi connectivity index (χ0) is 10.3.